The van der Waals surface area contributed by atoms with Gasteiger partial charge >= 0.3 is 0 Å². The summed E-state index contributed by atoms with van der Waals surface area (Å²) in [6.45, 7) is 4.01. The zero-order valence-electron chi connectivity index (χ0n) is 19.7. The molecule has 1 aliphatic carbocycles. The van der Waals surface area contributed by atoms with Crippen molar-refractivity contribution in [3.8, 4) is 10.6 Å². The highest BCUT2D eigenvalue weighted by molar-refractivity contribution is 7.22. The van der Waals surface area contributed by atoms with Crippen molar-refractivity contribution in [1.29, 1.82) is 0 Å². The molecule has 7 nitrogen and oxygen atoms in total. The number of piperidine rings is 1. The number of benzene rings is 1. The van der Waals surface area contributed by atoms with Crippen molar-refractivity contribution in [3.63, 3.8) is 0 Å². The summed E-state index contributed by atoms with van der Waals surface area (Å²) in [6, 6.07) is 8.82. The minimum absolute atomic E-state index is 0.0117. The number of rotatable bonds is 8. The fourth-order valence-corrected chi connectivity index (χ4v) is 5.79. The summed E-state index contributed by atoms with van der Waals surface area (Å²) < 4.78 is 1.04. The smallest absolute Gasteiger partial charge is 0.252 e. The number of likely N-dealkylation sites (N-methyl/N-ethyl adjacent to an activating group) is 1. The van der Waals surface area contributed by atoms with E-state index in [1.807, 2.05) is 24.3 Å². The SMILES string of the molecule is CN1CCC(N(C)CCNc2ncc(Cl)c(-c3cc4c(C(=O)NC5CC5)cccc4s3)n2)CC1. The zero-order valence-corrected chi connectivity index (χ0v) is 21.3. The van der Waals surface area contributed by atoms with Crippen molar-refractivity contribution in [2.24, 2.45) is 0 Å². The number of carbonyl (C=O) groups excluding carboxylic acids is 1. The van der Waals surface area contributed by atoms with Gasteiger partial charge in [-0.15, -0.1) is 11.3 Å². The third kappa shape index (κ3) is 5.35. The number of fused-ring (bicyclic) bond motifs is 1. The summed E-state index contributed by atoms with van der Waals surface area (Å²) >= 11 is 8.09. The molecule has 5 rings (SSSR count). The monoisotopic (exact) mass is 498 g/mol. The first-order valence-corrected chi connectivity index (χ1v) is 13.2. The fourth-order valence-electron chi connectivity index (χ4n) is 4.45. The van der Waals surface area contributed by atoms with Gasteiger partial charge in [-0.3, -0.25) is 4.79 Å². The number of aromatic nitrogens is 2. The van der Waals surface area contributed by atoms with E-state index in [1.54, 1.807) is 17.5 Å². The molecular weight excluding hydrogens is 468 g/mol. The van der Waals surface area contributed by atoms with E-state index in [9.17, 15) is 4.79 Å². The average molecular weight is 499 g/mol. The molecule has 0 radical (unpaired) electrons. The van der Waals surface area contributed by atoms with Crippen molar-refractivity contribution in [2.75, 3.05) is 45.6 Å². The summed E-state index contributed by atoms with van der Waals surface area (Å²) in [6.07, 6.45) is 6.20. The zero-order chi connectivity index (χ0) is 23.7. The molecule has 2 N–H and O–H groups in total. The topological polar surface area (TPSA) is 73.4 Å². The number of halogens is 1. The Hall–Kier alpha value is -2.26. The number of nitrogens with zero attached hydrogens (tertiary/aromatic N) is 4. The number of amides is 1. The standard InChI is InChI=1S/C25H31ClN6OS/c1-31-11-8-17(9-12-31)32(2)13-10-27-25-28-15-20(26)23(30-25)22-14-19-18(4-3-5-21(19)34-22)24(33)29-16-6-7-16/h3-5,14-17H,6-13H2,1-2H3,(H,29,33)(H,27,28,30). The number of nitrogens with one attached hydrogen (secondary N) is 2. The number of hydrogen-bond donors (Lipinski definition) is 2. The molecule has 180 valence electrons. The summed E-state index contributed by atoms with van der Waals surface area (Å²) in [7, 11) is 4.38. The van der Waals surface area contributed by atoms with Crippen LogP contribution in [0.25, 0.3) is 20.7 Å². The van der Waals surface area contributed by atoms with Crippen molar-refractivity contribution >= 4 is 44.9 Å². The Kier molecular flexibility index (Phi) is 7.01. The van der Waals surface area contributed by atoms with Crippen LogP contribution in [0.15, 0.2) is 30.5 Å². The molecule has 0 unspecified atom stereocenters. The van der Waals surface area contributed by atoms with E-state index in [0.29, 0.717) is 34.3 Å². The molecule has 1 aliphatic heterocycles. The van der Waals surface area contributed by atoms with Crippen LogP contribution in [0.4, 0.5) is 5.95 Å². The quantitative estimate of drug-likeness (QED) is 0.481. The number of thiophene rings is 1. The van der Waals surface area contributed by atoms with Crippen molar-refractivity contribution in [2.45, 2.75) is 37.8 Å². The predicted octanol–water partition coefficient (Wildman–Crippen LogP) is 4.34. The van der Waals surface area contributed by atoms with E-state index in [4.69, 9.17) is 16.6 Å². The lowest BCUT2D eigenvalue weighted by Crippen LogP contribution is -2.43. The van der Waals surface area contributed by atoms with E-state index < -0.39 is 0 Å². The van der Waals surface area contributed by atoms with Crippen LogP contribution in [0.2, 0.25) is 5.02 Å². The Bertz CT molecular complexity index is 1170. The molecular formula is C25H31ClN6OS. The highest BCUT2D eigenvalue weighted by atomic mass is 35.5. The first kappa shape index (κ1) is 23.5. The van der Waals surface area contributed by atoms with E-state index >= 15 is 0 Å². The first-order chi connectivity index (χ1) is 16.5. The second-order valence-electron chi connectivity index (χ2n) is 9.41. The summed E-state index contributed by atoms with van der Waals surface area (Å²) in [5.74, 6) is 0.558. The normalized spacial score (nSPS) is 17.4. The van der Waals surface area contributed by atoms with Gasteiger partial charge in [-0.2, -0.15) is 0 Å². The van der Waals surface area contributed by atoms with E-state index in [1.165, 1.54) is 12.8 Å². The van der Waals surface area contributed by atoms with E-state index in [2.05, 4.69) is 39.5 Å². The van der Waals surface area contributed by atoms with Gasteiger partial charge in [0.05, 0.1) is 16.1 Å². The maximum atomic E-state index is 12.7. The third-order valence-corrected chi connectivity index (χ3v) is 8.14. The predicted molar refractivity (Wildman–Crippen MR) is 140 cm³/mol. The molecule has 0 bridgehead atoms. The van der Waals surface area contributed by atoms with Crippen LogP contribution < -0.4 is 10.6 Å². The van der Waals surface area contributed by atoms with Gasteiger partial charge in [0.2, 0.25) is 5.95 Å². The number of carbonyl (C=O) groups is 1. The van der Waals surface area contributed by atoms with E-state index in [-0.39, 0.29) is 5.91 Å². The Morgan fingerprint density at radius 2 is 2.06 bits per heavy atom. The molecule has 2 aromatic heterocycles. The number of anilines is 1. The minimum Gasteiger partial charge on any atom is -0.353 e. The lowest BCUT2D eigenvalue weighted by molar-refractivity contribution is 0.0953. The fraction of sp³-hybridized carbons (Fsp3) is 0.480. The molecule has 2 fully saturated rings. The van der Waals surface area contributed by atoms with Crippen molar-refractivity contribution in [1.82, 2.24) is 25.1 Å². The van der Waals surface area contributed by atoms with Crippen LogP contribution in [0.5, 0.6) is 0 Å². The first-order valence-electron chi connectivity index (χ1n) is 12.0. The van der Waals surface area contributed by atoms with Crippen LogP contribution in [-0.2, 0) is 0 Å². The van der Waals surface area contributed by atoms with Gasteiger partial charge in [0.1, 0.15) is 5.69 Å². The van der Waals surface area contributed by atoms with Gasteiger partial charge in [-0.25, -0.2) is 9.97 Å². The van der Waals surface area contributed by atoms with Crippen LogP contribution >= 0.6 is 22.9 Å². The molecule has 0 spiro atoms. The van der Waals surface area contributed by atoms with E-state index in [0.717, 1.165) is 54.0 Å². The highest BCUT2D eigenvalue weighted by Crippen LogP contribution is 2.37. The molecule has 1 amide bonds. The van der Waals surface area contributed by atoms with Gasteiger partial charge < -0.3 is 20.4 Å². The Balaban J connectivity index is 1.28. The summed E-state index contributed by atoms with van der Waals surface area (Å²) in [5, 5.41) is 7.89. The van der Waals surface area contributed by atoms with Crippen molar-refractivity contribution in [3.05, 3.63) is 41.0 Å². The minimum atomic E-state index is -0.0117. The van der Waals surface area contributed by atoms with Crippen LogP contribution in [0.1, 0.15) is 36.0 Å². The molecule has 1 aromatic carbocycles. The molecule has 0 atom stereocenters. The lowest BCUT2D eigenvalue weighted by Gasteiger charge is -2.35. The lowest BCUT2D eigenvalue weighted by atomic mass is 10.0. The van der Waals surface area contributed by atoms with Gasteiger partial charge in [0.15, 0.2) is 0 Å². The average Bonchev–Trinajstić information content (AvgIpc) is 3.54. The maximum absolute atomic E-state index is 12.7. The van der Waals surface area contributed by atoms with Gasteiger partial charge in [-0.1, -0.05) is 17.7 Å². The Labute approximate surface area is 209 Å². The van der Waals surface area contributed by atoms with Gasteiger partial charge in [-0.05, 0) is 71.1 Å². The Morgan fingerprint density at radius 1 is 1.26 bits per heavy atom. The second-order valence-corrected chi connectivity index (χ2v) is 10.9. The van der Waals surface area contributed by atoms with Crippen LogP contribution in [0.3, 0.4) is 0 Å². The largest absolute Gasteiger partial charge is 0.353 e. The molecule has 1 saturated carbocycles. The molecule has 9 heteroatoms. The summed E-state index contributed by atoms with van der Waals surface area (Å²) in [5.41, 5.74) is 1.39. The maximum Gasteiger partial charge on any atom is 0.252 e. The molecule has 1 saturated heterocycles. The van der Waals surface area contributed by atoms with Gasteiger partial charge in [0, 0.05) is 40.8 Å². The van der Waals surface area contributed by atoms with Crippen LogP contribution in [0, 0.1) is 0 Å². The Morgan fingerprint density at radius 3 is 2.82 bits per heavy atom. The van der Waals surface area contributed by atoms with Gasteiger partial charge in [0.25, 0.3) is 5.91 Å². The van der Waals surface area contributed by atoms with Crippen LogP contribution in [-0.4, -0.2) is 78.0 Å². The molecule has 3 heterocycles. The molecule has 3 aromatic rings. The van der Waals surface area contributed by atoms with Crippen molar-refractivity contribution < 1.29 is 4.79 Å². The third-order valence-electron chi connectivity index (χ3n) is 6.76. The molecule has 34 heavy (non-hydrogen) atoms. The number of hydrogen-bond acceptors (Lipinski definition) is 7. The summed E-state index contributed by atoms with van der Waals surface area (Å²) in [4.78, 5) is 27.6. The second kappa shape index (κ2) is 10.2. The molecule has 2 aliphatic rings. The highest BCUT2D eigenvalue weighted by Gasteiger charge is 2.25. The number of likely N-dealkylation sites (tertiary alicyclic amines) is 1.